The van der Waals surface area contributed by atoms with Gasteiger partial charge in [0.25, 0.3) is 5.91 Å². The summed E-state index contributed by atoms with van der Waals surface area (Å²) in [5.74, 6) is 0.311. The number of benzene rings is 1. The van der Waals surface area contributed by atoms with Crippen LogP contribution in [0.2, 0.25) is 0 Å². The number of hydrogen-bond donors (Lipinski definition) is 2. The minimum absolute atomic E-state index is 0.210. The predicted molar refractivity (Wildman–Crippen MR) is 62.7 cm³/mol. The second-order valence-electron chi connectivity index (χ2n) is 3.78. The molecule has 0 saturated heterocycles. The van der Waals surface area contributed by atoms with Crippen molar-refractivity contribution in [2.24, 2.45) is 0 Å². The van der Waals surface area contributed by atoms with Crippen LogP contribution in [0.1, 0.15) is 21.7 Å². The third kappa shape index (κ3) is 2.66. The van der Waals surface area contributed by atoms with Gasteiger partial charge in [-0.3, -0.25) is 4.79 Å². The van der Waals surface area contributed by atoms with E-state index in [4.69, 9.17) is 9.52 Å². The fraction of sp³-hybridized carbons (Fsp3) is 0.154. The fourth-order valence-corrected chi connectivity index (χ4v) is 1.48. The lowest BCUT2D eigenvalue weighted by Crippen LogP contribution is -2.22. The molecule has 0 aliphatic rings. The zero-order valence-electron chi connectivity index (χ0n) is 9.43. The Morgan fingerprint density at radius 1 is 1.29 bits per heavy atom. The van der Waals surface area contributed by atoms with E-state index < -0.39 is 0 Å². The third-order valence-electron chi connectivity index (χ3n) is 2.46. The highest BCUT2D eigenvalue weighted by Crippen LogP contribution is 2.11. The lowest BCUT2D eigenvalue weighted by molar-refractivity contribution is 0.0922. The molecule has 2 aromatic rings. The molecule has 17 heavy (non-hydrogen) atoms. The molecule has 0 bridgehead atoms. The molecule has 0 aliphatic heterocycles. The minimum atomic E-state index is -0.236. The SMILES string of the molecule is Cc1ccoc1C(=O)NCc1ccc(O)cc1. The Morgan fingerprint density at radius 2 is 2.00 bits per heavy atom. The van der Waals surface area contributed by atoms with Gasteiger partial charge in [0, 0.05) is 12.1 Å². The largest absolute Gasteiger partial charge is 0.508 e. The van der Waals surface area contributed by atoms with Crippen LogP contribution in [-0.4, -0.2) is 11.0 Å². The molecule has 0 aliphatic carbocycles. The summed E-state index contributed by atoms with van der Waals surface area (Å²) in [4.78, 5) is 11.7. The maximum absolute atomic E-state index is 11.7. The second kappa shape index (κ2) is 4.74. The number of hydrogen-bond acceptors (Lipinski definition) is 3. The lowest BCUT2D eigenvalue weighted by atomic mass is 10.2. The van der Waals surface area contributed by atoms with Gasteiger partial charge in [-0.25, -0.2) is 0 Å². The van der Waals surface area contributed by atoms with Crippen LogP contribution in [-0.2, 0) is 6.54 Å². The first-order chi connectivity index (χ1) is 8.16. The van der Waals surface area contributed by atoms with Gasteiger partial charge < -0.3 is 14.8 Å². The van der Waals surface area contributed by atoms with Gasteiger partial charge in [0.2, 0.25) is 0 Å². The number of nitrogens with one attached hydrogen (secondary N) is 1. The monoisotopic (exact) mass is 231 g/mol. The summed E-state index contributed by atoms with van der Waals surface area (Å²) in [6.07, 6.45) is 1.49. The average Bonchev–Trinajstić information content (AvgIpc) is 2.74. The first-order valence-corrected chi connectivity index (χ1v) is 5.27. The van der Waals surface area contributed by atoms with Crippen molar-refractivity contribution in [3.05, 3.63) is 53.5 Å². The number of carbonyl (C=O) groups is 1. The van der Waals surface area contributed by atoms with Crippen molar-refractivity contribution in [2.75, 3.05) is 0 Å². The fourth-order valence-electron chi connectivity index (χ4n) is 1.48. The van der Waals surface area contributed by atoms with Crippen LogP contribution in [0.15, 0.2) is 41.0 Å². The van der Waals surface area contributed by atoms with E-state index in [-0.39, 0.29) is 11.7 Å². The second-order valence-corrected chi connectivity index (χ2v) is 3.78. The molecule has 88 valence electrons. The Bertz CT molecular complexity index is 514. The van der Waals surface area contributed by atoms with Gasteiger partial charge in [-0.15, -0.1) is 0 Å². The van der Waals surface area contributed by atoms with Crippen LogP contribution >= 0.6 is 0 Å². The highest BCUT2D eigenvalue weighted by atomic mass is 16.3. The summed E-state index contributed by atoms with van der Waals surface area (Å²) < 4.78 is 5.08. The quantitative estimate of drug-likeness (QED) is 0.851. The number of aryl methyl sites for hydroxylation is 1. The Hall–Kier alpha value is -2.23. The van der Waals surface area contributed by atoms with Crippen molar-refractivity contribution in [3.63, 3.8) is 0 Å². The molecule has 1 aromatic heterocycles. The van der Waals surface area contributed by atoms with Crippen molar-refractivity contribution >= 4 is 5.91 Å². The molecule has 4 heteroatoms. The van der Waals surface area contributed by atoms with Crippen LogP contribution in [0, 0.1) is 6.92 Å². The standard InChI is InChI=1S/C13H13NO3/c1-9-6-7-17-12(9)13(16)14-8-10-2-4-11(15)5-3-10/h2-7,15H,8H2,1H3,(H,14,16). The molecule has 0 atom stereocenters. The van der Waals surface area contributed by atoms with E-state index in [1.165, 1.54) is 6.26 Å². The molecule has 0 radical (unpaired) electrons. The topological polar surface area (TPSA) is 62.5 Å². The first kappa shape index (κ1) is 11.3. The Labute approximate surface area is 98.9 Å². The lowest BCUT2D eigenvalue weighted by Gasteiger charge is -2.04. The molecule has 0 saturated carbocycles. The van der Waals surface area contributed by atoms with Gasteiger partial charge in [0.1, 0.15) is 5.75 Å². The zero-order valence-corrected chi connectivity index (χ0v) is 9.43. The van der Waals surface area contributed by atoms with E-state index >= 15 is 0 Å². The van der Waals surface area contributed by atoms with Gasteiger partial charge in [0.05, 0.1) is 6.26 Å². The third-order valence-corrected chi connectivity index (χ3v) is 2.46. The number of carbonyl (C=O) groups excluding carboxylic acids is 1. The number of amides is 1. The highest BCUT2D eigenvalue weighted by molar-refractivity contribution is 5.92. The number of aromatic hydroxyl groups is 1. The maximum Gasteiger partial charge on any atom is 0.287 e. The summed E-state index contributed by atoms with van der Waals surface area (Å²) >= 11 is 0. The van der Waals surface area contributed by atoms with Crippen LogP contribution in [0.25, 0.3) is 0 Å². The number of furan rings is 1. The molecule has 1 aromatic carbocycles. The van der Waals surface area contributed by atoms with Crippen molar-refractivity contribution in [1.82, 2.24) is 5.32 Å². The molecule has 0 fully saturated rings. The molecular weight excluding hydrogens is 218 g/mol. The molecule has 0 unspecified atom stereocenters. The molecule has 2 rings (SSSR count). The normalized spacial score (nSPS) is 10.2. The number of rotatable bonds is 3. The molecule has 0 spiro atoms. The Balaban J connectivity index is 1.97. The molecule has 2 N–H and O–H groups in total. The Morgan fingerprint density at radius 3 is 2.59 bits per heavy atom. The van der Waals surface area contributed by atoms with Gasteiger partial charge in [-0.2, -0.15) is 0 Å². The van der Waals surface area contributed by atoms with E-state index in [9.17, 15) is 4.79 Å². The summed E-state index contributed by atoms with van der Waals surface area (Å²) in [7, 11) is 0. The van der Waals surface area contributed by atoms with Crippen LogP contribution in [0.3, 0.4) is 0 Å². The van der Waals surface area contributed by atoms with Crippen LogP contribution in [0.5, 0.6) is 5.75 Å². The van der Waals surface area contributed by atoms with Crippen molar-refractivity contribution in [3.8, 4) is 5.75 Å². The summed E-state index contributed by atoms with van der Waals surface area (Å²) in [5, 5.41) is 11.9. The average molecular weight is 231 g/mol. The number of phenols is 1. The maximum atomic E-state index is 11.7. The van der Waals surface area contributed by atoms with E-state index in [2.05, 4.69) is 5.32 Å². The van der Waals surface area contributed by atoms with E-state index in [1.54, 1.807) is 30.3 Å². The van der Waals surface area contributed by atoms with E-state index in [0.29, 0.717) is 12.3 Å². The smallest absolute Gasteiger partial charge is 0.287 e. The van der Waals surface area contributed by atoms with Gasteiger partial charge in [-0.05, 0) is 30.7 Å². The van der Waals surface area contributed by atoms with Crippen molar-refractivity contribution in [1.29, 1.82) is 0 Å². The molecule has 1 heterocycles. The summed E-state index contributed by atoms with van der Waals surface area (Å²) in [6.45, 7) is 2.22. The highest BCUT2D eigenvalue weighted by Gasteiger charge is 2.11. The van der Waals surface area contributed by atoms with Crippen LogP contribution < -0.4 is 5.32 Å². The first-order valence-electron chi connectivity index (χ1n) is 5.27. The van der Waals surface area contributed by atoms with Gasteiger partial charge in [0.15, 0.2) is 5.76 Å². The summed E-state index contributed by atoms with van der Waals surface area (Å²) in [5.41, 5.74) is 1.73. The van der Waals surface area contributed by atoms with E-state index in [0.717, 1.165) is 11.1 Å². The molecular formula is C13H13NO3. The van der Waals surface area contributed by atoms with Gasteiger partial charge in [-0.1, -0.05) is 12.1 Å². The molecule has 1 amide bonds. The molecule has 4 nitrogen and oxygen atoms in total. The number of phenolic OH excluding ortho intramolecular Hbond substituents is 1. The van der Waals surface area contributed by atoms with Gasteiger partial charge >= 0.3 is 0 Å². The zero-order chi connectivity index (χ0) is 12.3. The minimum Gasteiger partial charge on any atom is -0.508 e. The van der Waals surface area contributed by atoms with Crippen LogP contribution in [0.4, 0.5) is 0 Å². The van der Waals surface area contributed by atoms with Crippen molar-refractivity contribution in [2.45, 2.75) is 13.5 Å². The predicted octanol–water partition coefficient (Wildman–Crippen LogP) is 2.22. The van der Waals surface area contributed by atoms with E-state index in [1.807, 2.05) is 6.92 Å². The van der Waals surface area contributed by atoms with Crippen molar-refractivity contribution < 1.29 is 14.3 Å². The Kier molecular flexibility index (Phi) is 3.14. The summed E-state index contributed by atoms with van der Waals surface area (Å²) in [6, 6.07) is 8.42.